The van der Waals surface area contributed by atoms with Crippen LogP contribution < -0.4 is 21.7 Å². The number of rotatable bonds is 13. The molecule has 29 heavy (non-hydrogen) atoms. The Hall–Kier alpha value is -2.16. The summed E-state index contributed by atoms with van der Waals surface area (Å²) in [6.45, 7) is 10.8. The van der Waals surface area contributed by atoms with Gasteiger partial charge in [0, 0.05) is 0 Å². The summed E-state index contributed by atoms with van der Waals surface area (Å²) in [6.07, 6.45) is 1.71. The summed E-state index contributed by atoms with van der Waals surface area (Å²) in [5.74, 6) is -2.75. The monoisotopic (exact) mass is 414 g/mol. The number of hydrogen-bond donors (Lipinski definition) is 5. The van der Waals surface area contributed by atoms with E-state index in [-0.39, 0.29) is 17.8 Å². The number of amides is 3. The summed E-state index contributed by atoms with van der Waals surface area (Å²) in [6, 6.07) is -2.47. The predicted octanol–water partition coefficient (Wildman–Crippen LogP) is 0.622. The van der Waals surface area contributed by atoms with Gasteiger partial charge in [-0.2, -0.15) is 0 Å². The van der Waals surface area contributed by atoms with Gasteiger partial charge in [0.2, 0.25) is 17.7 Å². The molecule has 0 aliphatic heterocycles. The van der Waals surface area contributed by atoms with Crippen molar-refractivity contribution in [1.29, 1.82) is 0 Å². The topological polar surface area (TPSA) is 151 Å². The van der Waals surface area contributed by atoms with E-state index >= 15 is 0 Å². The average molecular weight is 415 g/mol. The molecule has 0 aromatic heterocycles. The van der Waals surface area contributed by atoms with Crippen molar-refractivity contribution in [3.05, 3.63) is 0 Å². The molecule has 0 rings (SSSR count). The third-order valence-corrected chi connectivity index (χ3v) is 5.11. The fourth-order valence-corrected chi connectivity index (χ4v) is 2.71. The van der Waals surface area contributed by atoms with Crippen LogP contribution in [-0.2, 0) is 19.2 Å². The second-order valence-electron chi connectivity index (χ2n) is 8.09. The minimum atomic E-state index is -1.17. The summed E-state index contributed by atoms with van der Waals surface area (Å²) in [5, 5.41) is 16.5. The zero-order chi connectivity index (χ0) is 22.7. The van der Waals surface area contributed by atoms with E-state index < -0.39 is 48.4 Å². The van der Waals surface area contributed by atoms with Crippen LogP contribution in [0.3, 0.4) is 0 Å². The van der Waals surface area contributed by atoms with Crippen molar-refractivity contribution in [2.45, 2.75) is 78.9 Å². The second kappa shape index (κ2) is 13.1. The van der Waals surface area contributed by atoms with Crippen LogP contribution in [0.15, 0.2) is 0 Å². The Labute approximate surface area is 173 Å². The highest BCUT2D eigenvalue weighted by atomic mass is 16.4. The summed E-state index contributed by atoms with van der Waals surface area (Å²) in [4.78, 5) is 48.5. The Kier molecular flexibility index (Phi) is 12.2. The number of carboxylic acids is 1. The minimum Gasteiger partial charge on any atom is -0.480 e. The highest BCUT2D eigenvalue weighted by Crippen LogP contribution is 2.12. The molecule has 0 aromatic rings. The molecule has 3 amide bonds. The molecule has 0 spiro atoms. The molecule has 0 heterocycles. The fourth-order valence-electron chi connectivity index (χ4n) is 2.71. The lowest BCUT2D eigenvalue weighted by Gasteiger charge is -2.28. The van der Waals surface area contributed by atoms with Gasteiger partial charge < -0.3 is 26.8 Å². The van der Waals surface area contributed by atoms with E-state index in [9.17, 15) is 19.2 Å². The Bertz CT molecular complexity index is 567. The molecule has 168 valence electrons. The van der Waals surface area contributed by atoms with Crippen molar-refractivity contribution in [3.63, 3.8) is 0 Å². The first-order valence-corrected chi connectivity index (χ1v) is 10.3. The molecule has 0 aromatic carbocycles. The molecule has 0 bridgehead atoms. The maximum atomic E-state index is 12.9. The predicted molar refractivity (Wildman–Crippen MR) is 111 cm³/mol. The van der Waals surface area contributed by atoms with Gasteiger partial charge in [0.15, 0.2) is 0 Å². The number of nitrogens with two attached hydrogens (primary N) is 1. The van der Waals surface area contributed by atoms with Crippen molar-refractivity contribution < 1.29 is 24.3 Å². The number of carbonyl (C=O) groups is 4. The van der Waals surface area contributed by atoms with Gasteiger partial charge in [0.25, 0.3) is 0 Å². The van der Waals surface area contributed by atoms with Crippen LogP contribution in [0.5, 0.6) is 0 Å². The molecule has 5 unspecified atom stereocenters. The van der Waals surface area contributed by atoms with Gasteiger partial charge in [-0.05, 0) is 24.2 Å². The van der Waals surface area contributed by atoms with E-state index in [2.05, 4.69) is 16.0 Å². The Morgan fingerprint density at radius 3 is 1.86 bits per heavy atom. The lowest BCUT2D eigenvalue weighted by atomic mass is 9.94. The van der Waals surface area contributed by atoms with E-state index in [4.69, 9.17) is 10.8 Å². The summed E-state index contributed by atoms with van der Waals surface area (Å²) in [5.41, 5.74) is 5.98. The normalized spacial score (nSPS) is 16.3. The number of hydrogen-bond acceptors (Lipinski definition) is 5. The third-order valence-electron chi connectivity index (χ3n) is 5.11. The fraction of sp³-hybridized carbons (Fsp3) is 0.800. The second-order valence-corrected chi connectivity index (χ2v) is 8.09. The van der Waals surface area contributed by atoms with Gasteiger partial charge in [-0.25, -0.2) is 0 Å². The average Bonchev–Trinajstić information content (AvgIpc) is 2.66. The van der Waals surface area contributed by atoms with E-state index in [1.807, 2.05) is 41.5 Å². The molecule has 0 fully saturated rings. The van der Waals surface area contributed by atoms with Crippen LogP contribution >= 0.6 is 0 Å². The Morgan fingerprint density at radius 1 is 0.862 bits per heavy atom. The van der Waals surface area contributed by atoms with Crippen LogP contribution in [0.1, 0.15) is 60.8 Å². The van der Waals surface area contributed by atoms with Gasteiger partial charge in [-0.3, -0.25) is 19.2 Å². The quantitative estimate of drug-likeness (QED) is 0.298. The van der Waals surface area contributed by atoms with E-state index in [1.165, 1.54) is 0 Å². The first-order chi connectivity index (χ1) is 13.4. The highest BCUT2D eigenvalue weighted by Gasteiger charge is 2.32. The van der Waals surface area contributed by atoms with Crippen molar-refractivity contribution in [2.24, 2.45) is 23.5 Å². The van der Waals surface area contributed by atoms with Crippen LogP contribution in [0, 0.1) is 17.8 Å². The van der Waals surface area contributed by atoms with Crippen molar-refractivity contribution >= 4 is 23.7 Å². The van der Waals surface area contributed by atoms with Crippen molar-refractivity contribution in [2.75, 3.05) is 6.54 Å². The summed E-state index contributed by atoms with van der Waals surface area (Å²) < 4.78 is 0. The molecule has 9 heteroatoms. The maximum absolute atomic E-state index is 12.9. The van der Waals surface area contributed by atoms with Gasteiger partial charge in [0.1, 0.15) is 18.6 Å². The highest BCUT2D eigenvalue weighted by molar-refractivity contribution is 5.93. The van der Waals surface area contributed by atoms with E-state index in [1.54, 1.807) is 0 Å². The zero-order valence-electron chi connectivity index (χ0n) is 18.5. The standard InChI is InChI=1S/C20H38N4O5/c1-7-12(5)16(21)19(28)24-17(13(6)8-2)20(29)23-14(9-11(3)4)18(27)22-10-15(25)26/h11-14,16-17H,7-10,21H2,1-6H3,(H,22,27)(H,23,29)(H,24,28)(H,25,26). The largest absolute Gasteiger partial charge is 0.480 e. The molecule has 0 aliphatic rings. The number of carboxylic acid groups (broad SMARTS) is 1. The molecule has 9 nitrogen and oxygen atoms in total. The SMILES string of the molecule is CCC(C)C(N)C(=O)NC(C(=O)NC(CC(C)C)C(=O)NCC(=O)O)C(C)CC. The van der Waals surface area contributed by atoms with Gasteiger partial charge >= 0.3 is 5.97 Å². The lowest BCUT2D eigenvalue weighted by Crippen LogP contribution is -2.58. The van der Waals surface area contributed by atoms with Crippen molar-refractivity contribution in [3.8, 4) is 0 Å². The molecule has 5 atom stereocenters. The smallest absolute Gasteiger partial charge is 0.322 e. The summed E-state index contributed by atoms with van der Waals surface area (Å²) in [7, 11) is 0. The Morgan fingerprint density at radius 2 is 1.41 bits per heavy atom. The number of nitrogens with one attached hydrogen (secondary N) is 3. The van der Waals surface area contributed by atoms with Crippen LogP contribution in [0.25, 0.3) is 0 Å². The molecular formula is C20H38N4O5. The molecule has 0 aliphatic carbocycles. The third kappa shape index (κ3) is 9.74. The van der Waals surface area contributed by atoms with Crippen LogP contribution in [0.2, 0.25) is 0 Å². The lowest BCUT2D eigenvalue weighted by molar-refractivity contribution is -0.138. The van der Waals surface area contributed by atoms with Crippen LogP contribution in [-0.4, -0.2) is 53.5 Å². The van der Waals surface area contributed by atoms with Gasteiger partial charge in [-0.15, -0.1) is 0 Å². The van der Waals surface area contributed by atoms with Gasteiger partial charge in [0.05, 0.1) is 6.04 Å². The van der Waals surface area contributed by atoms with E-state index in [0.717, 1.165) is 6.42 Å². The zero-order valence-corrected chi connectivity index (χ0v) is 18.5. The molecule has 0 saturated carbocycles. The van der Waals surface area contributed by atoms with E-state index in [0.29, 0.717) is 12.8 Å². The van der Waals surface area contributed by atoms with Crippen LogP contribution in [0.4, 0.5) is 0 Å². The summed E-state index contributed by atoms with van der Waals surface area (Å²) >= 11 is 0. The first kappa shape index (κ1) is 26.8. The minimum absolute atomic E-state index is 0.0360. The molecule has 0 saturated heterocycles. The van der Waals surface area contributed by atoms with Crippen molar-refractivity contribution in [1.82, 2.24) is 16.0 Å². The molecular weight excluding hydrogens is 376 g/mol. The van der Waals surface area contributed by atoms with Gasteiger partial charge in [-0.1, -0.05) is 54.4 Å². The Balaban J connectivity index is 5.34. The maximum Gasteiger partial charge on any atom is 0.322 e. The number of carbonyl (C=O) groups excluding carboxylic acids is 3. The first-order valence-electron chi connectivity index (χ1n) is 10.3. The molecule has 6 N–H and O–H groups in total. The molecule has 0 radical (unpaired) electrons. The number of aliphatic carboxylic acids is 1.